The highest BCUT2D eigenvalue weighted by atomic mass is 16.5. The summed E-state index contributed by atoms with van der Waals surface area (Å²) in [6.45, 7) is 21.7. The number of ether oxygens (including phenoxy) is 1. The van der Waals surface area contributed by atoms with E-state index in [1.54, 1.807) is 0 Å². The minimum Gasteiger partial charge on any atom is -0.458 e. The normalized spacial score (nSPS) is 20.9. The Morgan fingerprint density at radius 3 is 2.29 bits per heavy atom. The summed E-state index contributed by atoms with van der Waals surface area (Å²) in [5.41, 5.74) is 4.22. The maximum atomic E-state index is 11.2. The summed E-state index contributed by atoms with van der Waals surface area (Å²) in [6, 6.07) is 0. The molecular weight excluding hydrogens is 260 g/mol. The monoisotopic (exact) mass is 290 g/mol. The topological polar surface area (TPSA) is 26.3 Å². The van der Waals surface area contributed by atoms with Gasteiger partial charge in [-0.15, -0.1) is 0 Å². The highest BCUT2D eigenvalue weighted by molar-refractivity contribution is 5.67. The molecule has 0 heterocycles. The number of hydrogen-bond donors (Lipinski definition) is 0. The van der Waals surface area contributed by atoms with Crippen molar-refractivity contribution in [2.75, 3.05) is 0 Å². The fraction of sp³-hybridized carbons (Fsp3) is 0.526. The van der Waals surface area contributed by atoms with Crippen LogP contribution in [0.15, 0.2) is 47.6 Å². The van der Waals surface area contributed by atoms with Crippen molar-refractivity contribution in [1.29, 1.82) is 0 Å². The summed E-state index contributed by atoms with van der Waals surface area (Å²) in [6.07, 6.45) is 4.67. The predicted molar refractivity (Wildman–Crippen MR) is 91.1 cm³/mol. The minimum atomic E-state index is -0.254. The van der Waals surface area contributed by atoms with Gasteiger partial charge < -0.3 is 4.74 Å². The van der Waals surface area contributed by atoms with Gasteiger partial charge in [-0.05, 0) is 42.4 Å². The number of allylic oxidation sites excluding steroid dienone is 4. The Kier molecular flexibility index (Phi) is 7.42. The first kappa shape index (κ1) is 19.4. The van der Waals surface area contributed by atoms with Crippen molar-refractivity contribution >= 4 is 5.97 Å². The molecule has 118 valence electrons. The Morgan fingerprint density at radius 2 is 1.86 bits per heavy atom. The van der Waals surface area contributed by atoms with Gasteiger partial charge in [-0.1, -0.05) is 58.6 Å². The van der Waals surface area contributed by atoms with Crippen LogP contribution in [-0.2, 0) is 9.53 Å². The zero-order chi connectivity index (χ0) is 16.8. The molecule has 0 bridgehead atoms. The molecule has 1 unspecified atom stereocenters. The van der Waals surface area contributed by atoms with Crippen LogP contribution in [0.25, 0.3) is 0 Å². The van der Waals surface area contributed by atoms with Crippen molar-refractivity contribution in [3.8, 4) is 0 Å². The van der Waals surface area contributed by atoms with Gasteiger partial charge in [0.1, 0.15) is 6.10 Å². The molecule has 0 fully saturated rings. The van der Waals surface area contributed by atoms with Crippen LogP contribution in [0.3, 0.4) is 0 Å². The molecule has 2 heteroatoms. The maximum Gasteiger partial charge on any atom is 0.303 e. The summed E-state index contributed by atoms with van der Waals surface area (Å²) in [5, 5.41) is 0. The van der Waals surface area contributed by atoms with E-state index in [-0.39, 0.29) is 17.5 Å². The van der Waals surface area contributed by atoms with E-state index in [1.807, 2.05) is 33.8 Å². The third-order valence-corrected chi connectivity index (χ3v) is 3.54. The van der Waals surface area contributed by atoms with Gasteiger partial charge in [0.2, 0.25) is 0 Å². The van der Waals surface area contributed by atoms with Crippen LogP contribution in [0.5, 0.6) is 0 Å². The van der Waals surface area contributed by atoms with Gasteiger partial charge in [0.25, 0.3) is 0 Å². The molecule has 0 saturated carbocycles. The second-order valence-electron chi connectivity index (χ2n) is 5.93. The predicted octanol–water partition coefficient (Wildman–Crippen LogP) is 5.38. The molecule has 0 aromatic rings. The Morgan fingerprint density at radius 1 is 1.33 bits per heavy atom. The highest BCUT2D eigenvalue weighted by Gasteiger charge is 2.36. The Hall–Kier alpha value is -1.57. The van der Waals surface area contributed by atoms with Crippen LogP contribution in [0.4, 0.5) is 0 Å². The van der Waals surface area contributed by atoms with Gasteiger partial charge in [0.05, 0.1) is 0 Å². The quantitative estimate of drug-likeness (QED) is 0.515. The van der Waals surface area contributed by atoms with Crippen molar-refractivity contribution in [2.45, 2.75) is 61.0 Å². The standard InChI is InChI=1S/C17H24O2.C2H6/c1-11(2)8-9-15-12(3)13(4)16(19-14(5)18)10-17(15,6)7;1-2/h8-9,16H,1,4,10H2,2-3,5-7H3;1-2H3/b9-8+;. The molecule has 0 spiro atoms. The number of esters is 1. The molecule has 0 saturated heterocycles. The lowest BCUT2D eigenvalue weighted by Crippen LogP contribution is -2.33. The number of rotatable bonds is 3. The summed E-state index contributed by atoms with van der Waals surface area (Å²) < 4.78 is 5.37. The van der Waals surface area contributed by atoms with E-state index >= 15 is 0 Å². The smallest absolute Gasteiger partial charge is 0.303 e. The Labute approximate surface area is 130 Å². The van der Waals surface area contributed by atoms with Crippen LogP contribution in [0, 0.1) is 5.41 Å². The molecule has 0 aromatic heterocycles. The van der Waals surface area contributed by atoms with Crippen LogP contribution < -0.4 is 0 Å². The van der Waals surface area contributed by atoms with E-state index in [2.05, 4.69) is 33.1 Å². The second kappa shape index (κ2) is 8.02. The van der Waals surface area contributed by atoms with Crippen LogP contribution in [0.2, 0.25) is 0 Å². The number of carbonyl (C=O) groups excluding carboxylic acids is 1. The summed E-state index contributed by atoms with van der Waals surface area (Å²) in [7, 11) is 0. The first-order valence-electron chi connectivity index (χ1n) is 7.56. The third-order valence-electron chi connectivity index (χ3n) is 3.54. The van der Waals surface area contributed by atoms with E-state index in [0.717, 1.165) is 23.1 Å². The molecule has 1 aliphatic carbocycles. The molecule has 21 heavy (non-hydrogen) atoms. The molecule has 2 nitrogen and oxygen atoms in total. The summed E-state index contributed by atoms with van der Waals surface area (Å²) in [5.74, 6) is -0.254. The molecule has 0 aliphatic heterocycles. The molecule has 1 rings (SSSR count). The average Bonchev–Trinajstić information content (AvgIpc) is 2.36. The van der Waals surface area contributed by atoms with Crippen molar-refractivity contribution in [1.82, 2.24) is 0 Å². The van der Waals surface area contributed by atoms with E-state index in [9.17, 15) is 4.79 Å². The van der Waals surface area contributed by atoms with E-state index in [0.29, 0.717) is 0 Å². The first-order valence-corrected chi connectivity index (χ1v) is 7.56. The number of carbonyl (C=O) groups is 1. The lowest BCUT2D eigenvalue weighted by atomic mass is 9.70. The fourth-order valence-corrected chi connectivity index (χ4v) is 2.51. The average molecular weight is 290 g/mol. The van der Waals surface area contributed by atoms with Crippen LogP contribution in [0.1, 0.15) is 54.9 Å². The van der Waals surface area contributed by atoms with Crippen molar-refractivity contribution in [3.63, 3.8) is 0 Å². The minimum absolute atomic E-state index is 0.0443. The lowest BCUT2D eigenvalue weighted by Gasteiger charge is -2.38. The van der Waals surface area contributed by atoms with Crippen molar-refractivity contribution < 1.29 is 9.53 Å². The SMILES string of the molecule is C=C(C)/C=C/C1=C(C)C(=C)C(OC(C)=O)CC1(C)C.CC. The Balaban J connectivity index is 0.00000191. The van der Waals surface area contributed by atoms with Gasteiger partial charge in [0.15, 0.2) is 0 Å². The molecule has 0 aromatic carbocycles. The van der Waals surface area contributed by atoms with Gasteiger partial charge in [-0.25, -0.2) is 0 Å². The summed E-state index contributed by atoms with van der Waals surface area (Å²) in [4.78, 5) is 11.2. The van der Waals surface area contributed by atoms with Crippen LogP contribution in [-0.4, -0.2) is 12.1 Å². The fourth-order valence-electron chi connectivity index (χ4n) is 2.51. The largest absolute Gasteiger partial charge is 0.458 e. The van der Waals surface area contributed by atoms with E-state index < -0.39 is 0 Å². The first-order chi connectivity index (χ1) is 9.65. The van der Waals surface area contributed by atoms with Crippen molar-refractivity contribution in [2.24, 2.45) is 5.41 Å². The van der Waals surface area contributed by atoms with Gasteiger partial charge in [-0.3, -0.25) is 4.79 Å². The molecule has 1 atom stereocenters. The van der Waals surface area contributed by atoms with Crippen molar-refractivity contribution in [3.05, 3.63) is 47.6 Å². The lowest BCUT2D eigenvalue weighted by molar-refractivity contribution is -0.145. The highest BCUT2D eigenvalue weighted by Crippen LogP contribution is 2.44. The van der Waals surface area contributed by atoms with E-state index in [4.69, 9.17) is 4.74 Å². The molecular formula is C19H30O2. The zero-order valence-corrected chi connectivity index (χ0v) is 14.7. The maximum absolute atomic E-state index is 11.2. The van der Waals surface area contributed by atoms with Gasteiger partial charge in [-0.2, -0.15) is 0 Å². The number of hydrogen-bond acceptors (Lipinski definition) is 2. The third kappa shape index (κ3) is 5.37. The summed E-state index contributed by atoms with van der Waals surface area (Å²) >= 11 is 0. The van der Waals surface area contributed by atoms with Gasteiger partial charge in [0, 0.05) is 6.92 Å². The second-order valence-corrected chi connectivity index (χ2v) is 5.93. The molecule has 1 aliphatic rings. The van der Waals surface area contributed by atoms with Crippen LogP contribution >= 0.6 is 0 Å². The van der Waals surface area contributed by atoms with E-state index in [1.165, 1.54) is 12.5 Å². The Bertz CT molecular complexity index is 476. The molecule has 0 N–H and O–H groups in total. The zero-order valence-electron chi connectivity index (χ0n) is 14.7. The van der Waals surface area contributed by atoms with Gasteiger partial charge >= 0.3 is 5.97 Å². The molecule has 0 radical (unpaired) electrons. The molecule has 0 amide bonds.